The van der Waals surface area contributed by atoms with Gasteiger partial charge in [0.1, 0.15) is 10.8 Å². The molecule has 1 aromatic carbocycles. The van der Waals surface area contributed by atoms with Gasteiger partial charge in [0.25, 0.3) is 0 Å². The van der Waals surface area contributed by atoms with Crippen LogP contribution in [0.2, 0.25) is 0 Å². The molecule has 0 fully saturated rings. The molecule has 156 valence electrons. The van der Waals surface area contributed by atoms with Gasteiger partial charge in [-0.05, 0) is 54.8 Å². The summed E-state index contributed by atoms with van der Waals surface area (Å²) in [5.41, 5.74) is 1.60. The van der Waals surface area contributed by atoms with E-state index in [0.29, 0.717) is 34.7 Å². The number of carbonyl (C=O) groups excluding carboxylic acids is 2. The number of hydrogen-bond donors (Lipinski definition) is 0. The fourth-order valence-corrected chi connectivity index (χ4v) is 4.51. The molecule has 0 radical (unpaired) electrons. The smallest absolute Gasteiger partial charge is 0.406 e. The van der Waals surface area contributed by atoms with Gasteiger partial charge >= 0.3 is 6.36 Å². The molecule has 1 atom stereocenters. The number of nitrogens with zero attached hydrogens (tertiary/aromatic N) is 2. The molecule has 1 aliphatic rings. The molecule has 0 N–H and O–H groups in total. The Hall–Kier alpha value is -2.94. The zero-order valence-electron chi connectivity index (χ0n) is 15.9. The Morgan fingerprint density at radius 3 is 2.87 bits per heavy atom. The van der Waals surface area contributed by atoms with Gasteiger partial charge in [0.2, 0.25) is 0 Å². The van der Waals surface area contributed by atoms with Crippen molar-refractivity contribution in [1.29, 1.82) is 0 Å². The Labute approximate surface area is 174 Å². The Bertz CT molecular complexity index is 1120. The number of halogens is 3. The van der Waals surface area contributed by atoms with E-state index in [9.17, 15) is 22.8 Å². The fourth-order valence-electron chi connectivity index (χ4n) is 3.59. The summed E-state index contributed by atoms with van der Waals surface area (Å²) in [6.07, 6.45) is -0.441. The molecule has 0 bridgehead atoms. The van der Waals surface area contributed by atoms with Crippen molar-refractivity contribution in [2.45, 2.75) is 38.6 Å². The van der Waals surface area contributed by atoms with Gasteiger partial charge in [-0.1, -0.05) is 0 Å². The van der Waals surface area contributed by atoms with E-state index in [1.807, 2.05) is 0 Å². The average molecular weight is 434 g/mol. The number of aryl methyl sites for hydroxylation is 1. The van der Waals surface area contributed by atoms with Gasteiger partial charge in [0.15, 0.2) is 11.6 Å². The highest BCUT2D eigenvalue weighted by Gasteiger charge is 2.32. The normalized spacial score (nSPS) is 16.4. The first-order valence-corrected chi connectivity index (χ1v) is 10.1. The molecule has 0 saturated carbocycles. The van der Waals surface area contributed by atoms with Crippen LogP contribution in [0.3, 0.4) is 0 Å². The first kappa shape index (κ1) is 20.3. The second-order valence-electron chi connectivity index (χ2n) is 7.07. The van der Waals surface area contributed by atoms with Gasteiger partial charge in [-0.2, -0.15) is 0 Å². The van der Waals surface area contributed by atoms with E-state index in [1.54, 1.807) is 35.2 Å². The summed E-state index contributed by atoms with van der Waals surface area (Å²) in [5, 5.41) is 0.619. The van der Waals surface area contributed by atoms with Crippen LogP contribution < -0.4 is 4.74 Å². The second kappa shape index (κ2) is 7.71. The summed E-state index contributed by atoms with van der Waals surface area (Å²) >= 11 is 1.32. The van der Waals surface area contributed by atoms with Crippen molar-refractivity contribution >= 4 is 22.9 Å². The van der Waals surface area contributed by atoms with Crippen LogP contribution in [-0.4, -0.2) is 27.5 Å². The average Bonchev–Trinajstić information content (AvgIpc) is 3.33. The molecule has 0 aliphatic carbocycles. The fraction of sp³-hybridized carbons (Fsp3) is 0.286. The van der Waals surface area contributed by atoms with E-state index >= 15 is 0 Å². The first-order valence-electron chi connectivity index (χ1n) is 9.25. The molecule has 30 heavy (non-hydrogen) atoms. The van der Waals surface area contributed by atoms with Crippen LogP contribution in [-0.2, 0) is 11.2 Å². The quantitative estimate of drug-likeness (QED) is 0.557. The molecule has 1 unspecified atom stereocenters. The third-order valence-corrected chi connectivity index (χ3v) is 6.03. The Morgan fingerprint density at radius 2 is 2.13 bits per heavy atom. The lowest BCUT2D eigenvalue weighted by Gasteiger charge is -2.24. The van der Waals surface area contributed by atoms with Gasteiger partial charge in [0, 0.05) is 18.8 Å². The number of alkyl halides is 3. The third-order valence-electron chi connectivity index (χ3n) is 4.98. The largest absolute Gasteiger partial charge is 0.573 e. The molecule has 1 aliphatic heterocycles. The van der Waals surface area contributed by atoms with Gasteiger partial charge in [-0.25, -0.2) is 4.98 Å². The molecular formula is C21H17F3N2O3S. The van der Waals surface area contributed by atoms with Crippen molar-refractivity contribution in [2.24, 2.45) is 0 Å². The monoisotopic (exact) mass is 434 g/mol. The van der Waals surface area contributed by atoms with Gasteiger partial charge < -0.3 is 9.30 Å². The first-order chi connectivity index (χ1) is 14.2. The maximum absolute atomic E-state index is 12.8. The van der Waals surface area contributed by atoms with Crippen LogP contribution in [0.5, 0.6) is 5.75 Å². The van der Waals surface area contributed by atoms with Crippen molar-refractivity contribution in [2.75, 3.05) is 0 Å². The van der Waals surface area contributed by atoms with Crippen LogP contribution in [0.4, 0.5) is 13.2 Å². The number of ether oxygens (including phenoxy) is 1. The predicted molar refractivity (Wildman–Crippen MR) is 105 cm³/mol. The molecule has 0 saturated heterocycles. The summed E-state index contributed by atoms with van der Waals surface area (Å²) in [5.74, 6) is -0.236. The molecule has 5 nitrogen and oxygen atoms in total. The van der Waals surface area contributed by atoms with Crippen molar-refractivity contribution < 1.29 is 27.5 Å². The van der Waals surface area contributed by atoms with Crippen LogP contribution in [0.25, 0.3) is 10.4 Å². The molecule has 0 amide bonds. The number of ketones is 2. The predicted octanol–water partition coefficient (Wildman–Crippen LogP) is 5.15. The van der Waals surface area contributed by atoms with Crippen molar-refractivity contribution in [3.8, 4) is 16.2 Å². The van der Waals surface area contributed by atoms with Crippen molar-refractivity contribution in [3.63, 3.8) is 0 Å². The van der Waals surface area contributed by atoms with Crippen molar-refractivity contribution in [1.82, 2.24) is 9.55 Å². The number of carbonyl (C=O) groups is 2. The number of hydrogen-bond acceptors (Lipinski definition) is 5. The lowest BCUT2D eigenvalue weighted by molar-refractivity contribution is -0.274. The Morgan fingerprint density at radius 1 is 1.33 bits per heavy atom. The Balaban J connectivity index is 1.49. The number of thiazole rings is 1. The zero-order valence-corrected chi connectivity index (χ0v) is 16.7. The number of Topliss-reactive ketones (excluding diaryl/α,β-unsaturated/α-hetero) is 2. The second-order valence-corrected chi connectivity index (χ2v) is 8.18. The topological polar surface area (TPSA) is 61.2 Å². The summed E-state index contributed by atoms with van der Waals surface area (Å²) in [6.45, 7) is 1.54. The van der Waals surface area contributed by atoms with Crippen LogP contribution in [0.15, 0.2) is 42.7 Å². The van der Waals surface area contributed by atoms with E-state index in [4.69, 9.17) is 0 Å². The van der Waals surface area contributed by atoms with E-state index in [-0.39, 0.29) is 29.8 Å². The minimum absolute atomic E-state index is 0.0223. The Kier molecular flexibility index (Phi) is 5.23. The van der Waals surface area contributed by atoms with Gasteiger partial charge in [-0.15, -0.1) is 24.5 Å². The number of benzene rings is 1. The summed E-state index contributed by atoms with van der Waals surface area (Å²) in [6, 6.07) is 7.49. The minimum Gasteiger partial charge on any atom is -0.406 e. The van der Waals surface area contributed by atoms with Crippen LogP contribution in [0.1, 0.15) is 39.9 Å². The number of rotatable bonds is 5. The molecular weight excluding hydrogens is 417 g/mol. The lowest BCUT2D eigenvalue weighted by Crippen LogP contribution is -2.28. The highest BCUT2D eigenvalue weighted by Crippen LogP contribution is 2.33. The van der Waals surface area contributed by atoms with Crippen LogP contribution in [0, 0.1) is 6.92 Å². The molecule has 2 aromatic heterocycles. The number of aromatic nitrogens is 2. The number of fused-ring (bicyclic) bond motifs is 1. The summed E-state index contributed by atoms with van der Waals surface area (Å²) in [4.78, 5) is 29.8. The summed E-state index contributed by atoms with van der Waals surface area (Å²) < 4.78 is 43.0. The molecule has 9 heteroatoms. The maximum atomic E-state index is 12.8. The van der Waals surface area contributed by atoms with Gasteiger partial charge in [0.05, 0.1) is 23.0 Å². The molecule has 3 heterocycles. The molecule has 3 aromatic rings. The highest BCUT2D eigenvalue weighted by molar-refractivity contribution is 7.15. The van der Waals surface area contributed by atoms with Gasteiger partial charge in [-0.3, -0.25) is 9.59 Å². The maximum Gasteiger partial charge on any atom is 0.573 e. The van der Waals surface area contributed by atoms with E-state index < -0.39 is 6.36 Å². The van der Waals surface area contributed by atoms with E-state index in [2.05, 4.69) is 9.72 Å². The summed E-state index contributed by atoms with van der Waals surface area (Å²) in [7, 11) is 0. The van der Waals surface area contributed by atoms with E-state index in [1.165, 1.54) is 30.4 Å². The third kappa shape index (κ3) is 4.16. The van der Waals surface area contributed by atoms with E-state index in [0.717, 1.165) is 4.88 Å². The highest BCUT2D eigenvalue weighted by atomic mass is 32.1. The van der Waals surface area contributed by atoms with Crippen molar-refractivity contribution in [3.05, 3.63) is 59.0 Å². The minimum atomic E-state index is -4.74. The standard InChI is InChI=1S/C21H17F3N2O3S/c1-12-9-13(4-7-18(12)29-21(22,23)24)19-11-25-20(30-19)10-17(28)15-5-6-16(27)14-3-2-8-26(14)15/h2-4,7-9,11,15H,5-6,10H2,1H3. The SMILES string of the molecule is Cc1cc(-c2cnc(CC(=O)C3CCC(=O)c4cccn43)s2)ccc1OC(F)(F)F. The molecule has 4 rings (SSSR count). The molecule has 0 spiro atoms. The zero-order chi connectivity index (χ0) is 21.5. The van der Waals surface area contributed by atoms with Crippen LogP contribution >= 0.6 is 11.3 Å². The lowest BCUT2D eigenvalue weighted by atomic mass is 9.97.